The Morgan fingerprint density at radius 1 is 1.23 bits per heavy atom. The summed E-state index contributed by atoms with van der Waals surface area (Å²) in [7, 11) is 0. The number of hydrogen-bond acceptors (Lipinski definition) is 4. The molecule has 3 rings (SSSR count). The van der Waals surface area contributed by atoms with E-state index in [0.717, 1.165) is 42.9 Å². The summed E-state index contributed by atoms with van der Waals surface area (Å²) in [6.45, 7) is 7.24. The van der Waals surface area contributed by atoms with Gasteiger partial charge in [-0.25, -0.2) is 0 Å². The van der Waals surface area contributed by atoms with Gasteiger partial charge < -0.3 is 14.6 Å². The van der Waals surface area contributed by atoms with Crippen molar-refractivity contribution in [3.05, 3.63) is 46.5 Å². The lowest BCUT2D eigenvalue weighted by Crippen LogP contribution is -2.36. The van der Waals surface area contributed by atoms with Crippen LogP contribution in [0.2, 0.25) is 5.02 Å². The number of nitrogens with zero attached hydrogens (tertiary/aromatic N) is 3. The van der Waals surface area contributed by atoms with Crippen LogP contribution in [-0.4, -0.2) is 28.0 Å². The lowest BCUT2D eigenvalue weighted by Gasteiger charge is -2.27. The lowest BCUT2D eigenvalue weighted by atomic mass is 9.94. The first-order valence-corrected chi connectivity index (χ1v) is 7.94. The Hall–Kier alpha value is -1.43. The molecule has 1 aliphatic heterocycles. The molecule has 22 heavy (non-hydrogen) atoms. The van der Waals surface area contributed by atoms with Crippen molar-refractivity contribution in [1.29, 1.82) is 0 Å². The molecule has 2 heterocycles. The Balaban J connectivity index is 1.71. The molecule has 0 amide bonds. The zero-order chi connectivity index (χ0) is 15.6. The van der Waals surface area contributed by atoms with Crippen molar-refractivity contribution in [1.82, 2.24) is 20.1 Å². The van der Waals surface area contributed by atoms with Crippen molar-refractivity contribution in [2.75, 3.05) is 13.2 Å². The van der Waals surface area contributed by atoms with Gasteiger partial charge in [0, 0.05) is 23.5 Å². The minimum atomic E-state index is -0.168. The van der Waals surface area contributed by atoms with E-state index in [1.165, 1.54) is 5.56 Å². The molecule has 0 saturated carbocycles. The molecule has 1 N–H and O–H groups in total. The number of ether oxygens (including phenoxy) is 1. The van der Waals surface area contributed by atoms with Crippen LogP contribution in [0, 0.1) is 0 Å². The van der Waals surface area contributed by atoms with Gasteiger partial charge in [-0.1, -0.05) is 23.7 Å². The zero-order valence-corrected chi connectivity index (χ0v) is 13.7. The number of aromatic nitrogens is 3. The minimum Gasteiger partial charge on any atom is -0.379 e. The van der Waals surface area contributed by atoms with Crippen LogP contribution in [0.3, 0.4) is 0 Å². The van der Waals surface area contributed by atoms with Crippen LogP contribution in [0.15, 0.2) is 24.3 Å². The van der Waals surface area contributed by atoms with E-state index >= 15 is 0 Å². The Morgan fingerprint density at radius 2 is 2.00 bits per heavy atom. The van der Waals surface area contributed by atoms with Crippen molar-refractivity contribution in [2.45, 2.75) is 38.9 Å². The van der Waals surface area contributed by atoms with E-state index < -0.39 is 0 Å². The molecule has 0 atom stereocenters. The molecule has 0 spiro atoms. The molecular weight excluding hydrogens is 300 g/mol. The summed E-state index contributed by atoms with van der Waals surface area (Å²) in [6.07, 6.45) is 0.827. The van der Waals surface area contributed by atoms with Gasteiger partial charge in [-0.3, -0.25) is 0 Å². The Labute approximate surface area is 135 Å². The van der Waals surface area contributed by atoms with E-state index in [9.17, 15) is 0 Å². The maximum Gasteiger partial charge on any atom is 0.147 e. The van der Waals surface area contributed by atoms with Gasteiger partial charge >= 0.3 is 0 Å². The number of halogens is 1. The molecule has 0 fully saturated rings. The predicted molar refractivity (Wildman–Crippen MR) is 85.9 cm³/mol. The lowest BCUT2D eigenvalue weighted by molar-refractivity contribution is 0.139. The normalized spacial score (nSPS) is 15.4. The number of hydrogen-bond donors (Lipinski definition) is 1. The number of fused-ring (bicyclic) bond motifs is 1. The highest BCUT2D eigenvalue weighted by Gasteiger charge is 2.22. The summed E-state index contributed by atoms with van der Waals surface area (Å²) in [5.74, 6) is 1.97. The third-order valence-electron chi connectivity index (χ3n) is 4.09. The van der Waals surface area contributed by atoms with E-state index in [0.29, 0.717) is 6.54 Å². The fourth-order valence-corrected chi connectivity index (χ4v) is 2.76. The Bertz CT molecular complexity index is 636. The van der Waals surface area contributed by atoms with Gasteiger partial charge in [0.15, 0.2) is 0 Å². The van der Waals surface area contributed by atoms with Gasteiger partial charge in [-0.2, -0.15) is 0 Å². The second kappa shape index (κ2) is 6.36. The van der Waals surface area contributed by atoms with Crippen molar-refractivity contribution in [2.24, 2.45) is 0 Å². The quantitative estimate of drug-likeness (QED) is 0.940. The second-order valence-corrected chi connectivity index (χ2v) is 6.47. The first kappa shape index (κ1) is 15.5. The first-order valence-electron chi connectivity index (χ1n) is 7.56. The fraction of sp³-hybridized carbons (Fsp3) is 0.500. The highest BCUT2D eigenvalue weighted by atomic mass is 35.5. The minimum absolute atomic E-state index is 0.168. The Morgan fingerprint density at radius 3 is 2.77 bits per heavy atom. The summed E-state index contributed by atoms with van der Waals surface area (Å²) in [5.41, 5.74) is 1.02. The maximum absolute atomic E-state index is 5.96. The zero-order valence-electron chi connectivity index (χ0n) is 13.0. The maximum atomic E-state index is 5.96. The molecule has 0 bridgehead atoms. The van der Waals surface area contributed by atoms with Crippen molar-refractivity contribution in [3.63, 3.8) is 0 Å². The molecule has 2 aromatic rings. The van der Waals surface area contributed by atoms with Crippen LogP contribution in [0.4, 0.5) is 0 Å². The third-order valence-corrected chi connectivity index (χ3v) is 4.34. The van der Waals surface area contributed by atoms with Crippen LogP contribution >= 0.6 is 11.6 Å². The predicted octanol–water partition coefficient (Wildman–Crippen LogP) is 2.53. The SMILES string of the molecule is CC(C)(NCc1nnc2n1CCOCC2)c1ccc(Cl)cc1. The molecule has 0 saturated heterocycles. The number of nitrogens with one attached hydrogen (secondary N) is 1. The van der Waals surface area contributed by atoms with Crippen LogP contribution in [0.25, 0.3) is 0 Å². The van der Waals surface area contributed by atoms with Crippen LogP contribution in [-0.2, 0) is 29.8 Å². The van der Waals surface area contributed by atoms with Gasteiger partial charge in [0.1, 0.15) is 11.6 Å². The number of benzene rings is 1. The topological polar surface area (TPSA) is 52.0 Å². The molecule has 0 aliphatic carbocycles. The van der Waals surface area contributed by atoms with Crippen molar-refractivity contribution in [3.8, 4) is 0 Å². The van der Waals surface area contributed by atoms with Gasteiger partial charge in [0.05, 0.1) is 19.8 Å². The van der Waals surface area contributed by atoms with E-state index in [4.69, 9.17) is 16.3 Å². The fourth-order valence-electron chi connectivity index (χ4n) is 2.64. The molecule has 0 radical (unpaired) electrons. The summed E-state index contributed by atoms with van der Waals surface area (Å²) < 4.78 is 7.66. The van der Waals surface area contributed by atoms with Crippen LogP contribution in [0.1, 0.15) is 31.1 Å². The average molecular weight is 321 g/mol. The molecule has 5 nitrogen and oxygen atoms in total. The van der Waals surface area contributed by atoms with E-state index in [1.54, 1.807) is 0 Å². The summed E-state index contributed by atoms with van der Waals surface area (Å²) in [5, 5.41) is 12.9. The van der Waals surface area contributed by atoms with E-state index in [-0.39, 0.29) is 5.54 Å². The largest absolute Gasteiger partial charge is 0.379 e. The van der Waals surface area contributed by atoms with Crippen molar-refractivity contribution < 1.29 is 4.74 Å². The Kier molecular flexibility index (Phi) is 4.47. The molecule has 1 aromatic carbocycles. The smallest absolute Gasteiger partial charge is 0.147 e. The molecular formula is C16H21ClN4O. The van der Waals surface area contributed by atoms with Crippen LogP contribution < -0.4 is 5.32 Å². The molecule has 118 valence electrons. The van der Waals surface area contributed by atoms with Gasteiger partial charge in [-0.05, 0) is 31.5 Å². The van der Waals surface area contributed by atoms with Gasteiger partial charge in [0.25, 0.3) is 0 Å². The van der Waals surface area contributed by atoms with E-state index in [2.05, 4.69) is 33.9 Å². The third kappa shape index (κ3) is 3.32. The molecule has 1 aromatic heterocycles. The van der Waals surface area contributed by atoms with E-state index in [1.807, 2.05) is 24.3 Å². The molecule has 6 heteroatoms. The summed E-state index contributed by atoms with van der Waals surface area (Å²) >= 11 is 5.96. The monoisotopic (exact) mass is 320 g/mol. The first-order chi connectivity index (χ1) is 10.6. The average Bonchev–Trinajstić information content (AvgIpc) is 2.73. The second-order valence-electron chi connectivity index (χ2n) is 6.03. The highest BCUT2D eigenvalue weighted by Crippen LogP contribution is 2.22. The summed E-state index contributed by atoms with van der Waals surface area (Å²) in [6, 6.07) is 7.93. The van der Waals surface area contributed by atoms with Crippen molar-refractivity contribution >= 4 is 11.6 Å². The van der Waals surface area contributed by atoms with Gasteiger partial charge in [-0.15, -0.1) is 10.2 Å². The molecule has 1 aliphatic rings. The van der Waals surface area contributed by atoms with Gasteiger partial charge in [0.2, 0.25) is 0 Å². The molecule has 0 unspecified atom stereocenters. The number of rotatable bonds is 4. The van der Waals surface area contributed by atoms with Crippen LogP contribution in [0.5, 0.6) is 0 Å². The standard InChI is InChI=1S/C16H21ClN4O/c1-16(2,12-3-5-13(17)6-4-12)18-11-15-20-19-14-7-9-22-10-8-21(14)15/h3-6,18H,7-11H2,1-2H3. The summed E-state index contributed by atoms with van der Waals surface area (Å²) in [4.78, 5) is 0. The highest BCUT2D eigenvalue weighted by molar-refractivity contribution is 6.30.